The fourth-order valence-corrected chi connectivity index (χ4v) is 5.39. The Morgan fingerprint density at radius 2 is 1.52 bits per heavy atom. The molecule has 4 nitrogen and oxygen atoms in total. The molecule has 2 saturated carbocycles. The molecule has 0 spiro atoms. The Balaban J connectivity index is 1.69. The average Bonchev–Trinajstić information content (AvgIpc) is 2.63. The zero-order valence-corrected chi connectivity index (χ0v) is 16.9. The van der Waals surface area contributed by atoms with Crippen LogP contribution in [-0.2, 0) is 0 Å². The Morgan fingerprint density at radius 1 is 0.880 bits per heavy atom. The van der Waals surface area contributed by atoms with E-state index in [9.17, 15) is 5.11 Å². The molecule has 3 aliphatic rings. The molecular formula is C19H33N3OS2. The van der Waals surface area contributed by atoms with Gasteiger partial charge in [0.05, 0.1) is 6.10 Å². The fourth-order valence-electron chi connectivity index (χ4n) is 4.52. The van der Waals surface area contributed by atoms with Crippen LogP contribution in [0.25, 0.3) is 0 Å². The standard InChI is InChI=1S/C19H33N3OS2/c23-17-12-7-13-21(14-17)19(25)22(16-10-5-2-6-11-16)18(24)20-15-8-3-1-4-9-15/h15-17,23H,1-14H2,(H,20,24). The number of hydrogen-bond donors (Lipinski definition) is 2. The predicted molar refractivity (Wildman–Crippen MR) is 111 cm³/mol. The van der Waals surface area contributed by atoms with Gasteiger partial charge in [-0.2, -0.15) is 0 Å². The van der Waals surface area contributed by atoms with E-state index < -0.39 is 0 Å². The van der Waals surface area contributed by atoms with E-state index in [2.05, 4.69) is 15.1 Å². The third kappa shape index (κ3) is 5.27. The Morgan fingerprint density at radius 3 is 2.16 bits per heavy atom. The van der Waals surface area contributed by atoms with Crippen molar-refractivity contribution >= 4 is 34.7 Å². The lowest BCUT2D eigenvalue weighted by molar-refractivity contribution is 0.0982. The molecule has 25 heavy (non-hydrogen) atoms. The van der Waals surface area contributed by atoms with Crippen molar-refractivity contribution in [3.05, 3.63) is 0 Å². The smallest absolute Gasteiger partial charge is 0.178 e. The van der Waals surface area contributed by atoms with Crippen LogP contribution in [0.5, 0.6) is 0 Å². The predicted octanol–water partition coefficient (Wildman–Crippen LogP) is 3.57. The maximum atomic E-state index is 10.1. The van der Waals surface area contributed by atoms with Crippen LogP contribution in [0.4, 0.5) is 0 Å². The molecule has 1 unspecified atom stereocenters. The van der Waals surface area contributed by atoms with E-state index in [1.807, 2.05) is 0 Å². The second-order valence-electron chi connectivity index (χ2n) is 7.97. The van der Waals surface area contributed by atoms with Crippen molar-refractivity contribution in [2.24, 2.45) is 0 Å². The maximum Gasteiger partial charge on any atom is 0.178 e. The van der Waals surface area contributed by atoms with E-state index >= 15 is 0 Å². The molecule has 1 heterocycles. The van der Waals surface area contributed by atoms with Gasteiger partial charge < -0.3 is 15.3 Å². The fraction of sp³-hybridized carbons (Fsp3) is 0.895. The molecule has 0 radical (unpaired) electrons. The van der Waals surface area contributed by atoms with Gasteiger partial charge in [0.2, 0.25) is 0 Å². The zero-order chi connectivity index (χ0) is 17.6. The summed E-state index contributed by atoms with van der Waals surface area (Å²) in [4.78, 5) is 4.41. The molecule has 1 atom stereocenters. The highest BCUT2D eigenvalue weighted by Gasteiger charge is 2.32. The van der Waals surface area contributed by atoms with Gasteiger partial charge >= 0.3 is 0 Å². The number of β-amino-alcohol motifs (C(OH)–C–C–N with tert-alkyl or cyclic N) is 1. The minimum absolute atomic E-state index is 0.264. The molecule has 0 amide bonds. The molecule has 6 heteroatoms. The molecule has 0 aromatic rings. The van der Waals surface area contributed by atoms with Crippen molar-refractivity contribution < 1.29 is 5.11 Å². The highest BCUT2D eigenvalue weighted by Crippen LogP contribution is 2.26. The van der Waals surface area contributed by atoms with Gasteiger partial charge in [-0.1, -0.05) is 38.5 Å². The van der Waals surface area contributed by atoms with Gasteiger partial charge in [0, 0.05) is 25.2 Å². The number of nitrogens with one attached hydrogen (secondary N) is 1. The van der Waals surface area contributed by atoms with Gasteiger partial charge in [-0.25, -0.2) is 0 Å². The van der Waals surface area contributed by atoms with E-state index in [4.69, 9.17) is 24.4 Å². The van der Waals surface area contributed by atoms with Crippen LogP contribution in [0.15, 0.2) is 0 Å². The Bertz CT molecular complexity index is 462. The first-order valence-electron chi connectivity index (χ1n) is 10.2. The molecule has 2 aliphatic carbocycles. The molecule has 3 fully saturated rings. The maximum absolute atomic E-state index is 10.1. The van der Waals surface area contributed by atoms with Crippen molar-refractivity contribution in [1.82, 2.24) is 15.1 Å². The SMILES string of the molecule is OC1CCCN(C(=S)N(C(=S)NC2CCCCC2)C2CCCCC2)C1. The van der Waals surface area contributed by atoms with Crippen molar-refractivity contribution in [2.45, 2.75) is 95.2 Å². The van der Waals surface area contributed by atoms with Gasteiger partial charge in [-0.15, -0.1) is 0 Å². The lowest BCUT2D eigenvalue weighted by Crippen LogP contribution is -2.58. The zero-order valence-electron chi connectivity index (χ0n) is 15.3. The first kappa shape index (κ1) is 19.3. The van der Waals surface area contributed by atoms with E-state index in [1.54, 1.807) is 0 Å². The third-order valence-electron chi connectivity index (χ3n) is 5.96. The summed E-state index contributed by atoms with van der Waals surface area (Å²) in [5.41, 5.74) is 0. The van der Waals surface area contributed by atoms with E-state index in [1.165, 1.54) is 64.2 Å². The van der Waals surface area contributed by atoms with Gasteiger partial charge in [0.25, 0.3) is 0 Å². The number of likely N-dealkylation sites (tertiary alicyclic amines) is 1. The third-order valence-corrected chi connectivity index (χ3v) is 6.73. The molecule has 0 aromatic carbocycles. The first-order valence-corrected chi connectivity index (χ1v) is 11.0. The van der Waals surface area contributed by atoms with Crippen molar-refractivity contribution in [1.29, 1.82) is 0 Å². The van der Waals surface area contributed by atoms with Crippen LogP contribution in [-0.4, -0.2) is 56.4 Å². The second kappa shape index (κ2) is 9.47. The first-order chi connectivity index (χ1) is 12.1. The monoisotopic (exact) mass is 383 g/mol. The summed E-state index contributed by atoms with van der Waals surface area (Å²) in [5, 5.41) is 15.3. The number of hydrogen-bond acceptors (Lipinski definition) is 3. The lowest BCUT2D eigenvalue weighted by atomic mass is 9.94. The molecule has 2 N–H and O–H groups in total. The highest BCUT2D eigenvalue weighted by molar-refractivity contribution is 7.81. The minimum Gasteiger partial charge on any atom is -0.391 e. The topological polar surface area (TPSA) is 38.7 Å². The van der Waals surface area contributed by atoms with E-state index in [0.29, 0.717) is 18.6 Å². The van der Waals surface area contributed by atoms with Gasteiger partial charge in [0.15, 0.2) is 10.2 Å². The number of aliphatic hydroxyl groups excluding tert-OH is 1. The van der Waals surface area contributed by atoms with Crippen molar-refractivity contribution in [3.63, 3.8) is 0 Å². The average molecular weight is 384 g/mol. The molecule has 3 rings (SSSR count). The summed E-state index contributed by atoms with van der Waals surface area (Å²) < 4.78 is 0. The van der Waals surface area contributed by atoms with Crippen molar-refractivity contribution in [2.75, 3.05) is 13.1 Å². The quantitative estimate of drug-likeness (QED) is 0.710. The van der Waals surface area contributed by atoms with Gasteiger partial charge in [-0.3, -0.25) is 4.90 Å². The Labute approximate surface area is 163 Å². The van der Waals surface area contributed by atoms with Crippen molar-refractivity contribution in [3.8, 4) is 0 Å². The normalized spacial score (nSPS) is 26.3. The summed E-state index contributed by atoms with van der Waals surface area (Å²) >= 11 is 11.7. The number of nitrogens with zero attached hydrogens (tertiary/aromatic N) is 2. The Kier molecular flexibility index (Phi) is 7.31. The van der Waals surface area contributed by atoms with Crippen LogP contribution in [0.1, 0.15) is 77.0 Å². The largest absolute Gasteiger partial charge is 0.391 e. The lowest BCUT2D eigenvalue weighted by Gasteiger charge is -2.43. The van der Waals surface area contributed by atoms with Crippen LogP contribution >= 0.6 is 24.4 Å². The number of piperidine rings is 1. The van der Waals surface area contributed by atoms with E-state index in [-0.39, 0.29) is 6.10 Å². The molecule has 142 valence electrons. The number of aliphatic hydroxyl groups is 1. The van der Waals surface area contributed by atoms with Crippen LogP contribution in [0, 0.1) is 0 Å². The summed E-state index contributed by atoms with van der Waals surface area (Å²) in [6.07, 6.45) is 14.2. The van der Waals surface area contributed by atoms with Crippen LogP contribution < -0.4 is 5.32 Å². The molecule has 0 aromatic heterocycles. The van der Waals surface area contributed by atoms with Crippen LogP contribution in [0.3, 0.4) is 0 Å². The minimum atomic E-state index is -0.264. The van der Waals surface area contributed by atoms with Gasteiger partial charge in [-0.05, 0) is 63.0 Å². The van der Waals surface area contributed by atoms with Crippen LogP contribution in [0.2, 0.25) is 0 Å². The number of thiocarbonyl (C=S) groups is 2. The second-order valence-corrected chi connectivity index (χ2v) is 8.72. The number of rotatable bonds is 2. The summed E-state index contributed by atoms with van der Waals surface area (Å²) in [7, 11) is 0. The summed E-state index contributed by atoms with van der Waals surface area (Å²) in [6, 6.07) is 0.922. The summed E-state index contributed by atoms with van der Waals surface area (Å²) in [6.45, 7) is 1.58. The van der Waals surface area contributed by atoms with Gasteiger partial charge in [0.1, 0.15) is 0 Å². The molecular weight excluding hydrogens is 350 g/mol. The highest BCUT2D eigenvalue weighted by atomic mass is 32.1. The molecule has 1 aliphatic heterocycles. The molecule has 1 saturated heterocycles. The summed E-state index contributed by atoms with van der Waals surface area (Å²) in [5.74, 6) is 0. The molecule has 0 bridgehead atoms. The van der Waals surface area contributed by atoms with E-state index in [0.717, 1.165) is 29.6 Å². The Hall–Kier alpha value is -0.460.